The maximum Gasteiger partial charge on any atom is 0.188 e. The van der Waals surface area contributed by atoms with Crippen molar-refractivity contribution in [1.29, 1.82) is 0 Å². The Labute approximate surface area is 77.4 Å². The Bertz CT molecular complexity index is 310. The third-order valence-electron chi connectivity index (χ3n) is 2.11. The fraction of sp³-hybridized carbons (Fsp3) is 0.0833. The van der Waals surface area contributed by atoms with Crippen LogP contribution in [0.4, 0.5) is 4.39 Å². The van der Waals surface area contributed by atoms with Crippen molar-refractivity contribution in [3.63, 3.8) is 0 Å². The largest absolute Gasteiger partial charge is 0.230 e. The maximum atomic E-state index is 12.6. The van der Waals surface area contributed by atoms with Crippen molar-refractivity contribution in [3.05, 3.63) is 66.4 Å². The third-order valence-corrected chi connectivity index (χ3v) is 2.11. The van der Waals surface area contributed by atoms with Gasteiger partial charge in [0, 0.05) is 5.92 Å². The molecule has 0 saturated carbocycles. The highest BCUT2D eigenvalue weighted by molar-refractivity contribution is 5.35. The highest BCUT2D eigenvalue weighted by Gasteiger charge is 2.09. The van der Waals surface area contributed by atoms with Crippen LogP contribution in [0, 0.1) is 6.17 Å². The predicted octanol–water partition coefficient (Wildman–Crippen LogP) is 3.40. The van der Waals surface area contributed by atoms with Crippen LogP contribution in [0.2, 0.25) is 0 Å². The molecule has 0 saturated heterocycles. The van der Waals surface area contributed by atoms with Crippen LogP contribution in [0.3, 0.4) is 0 Å². The first-order valence-corrected chi connectivity index (χ1v) is 4.30. The molecule has 0 fully saturated rings. The molecule has 0 aromatic heterocycles. The Morgan fingerprint density at radius 2 is 1.54 bits per heavy atom. The first kappa shape index (κ1) is 8.24. The molecule has 1 radical (unpaired) electrons. The molecule has 0 spiro atoms. The molecule has 0 unspecified atom stereocenters. The highest BCUT2D eigenvalue weighted by atomic mass is 19.1. The van der Waals surface area contributed by atoms with E-state index < -0.39 is 0 Å². The lowest BCUT2D eigenvalue weighted by Crippen LogP contribution is -1.95. The van der Waals surface area contributed by atoms with Crippen molar-refractivity contribution < 1.29 is 4.39 Å². The Hall–Kier alpha value is -1.37. The van der Waals surface area contributed by atoms with Crippen molar-refractivity contribution in [2.75, 3.05) is 0 Å². The zero-order valence-corrected chi connectivity index (χ0v) is 7.15. The topological polar surface area (TPSA) is 0 Å². The zero-order chi connectivity index (χ0) is 9.10. The van der Waals surface area contributed by atoms with Crippen LogP contribution >= 0.6 is 0 Å². The Morgan fingerprint density at radius 3 is 2.15 bits per heavy atom. The van der Waals surface area contributed by atoms with Crippen LogP contribution in [0.5, 0.6) is 0 Å². The Kier molecular flexibility index (Phi) is 2.26. The van der Waals surface area contributed by atoms with Gasteiger partial charge < -0.3 is 0 Å². The molecule has 0 bridgehead atoms. The van der Waals surface area contributed by atoms with Crippen LogP contribution in [0.15, 0.2) is 54.6 Å². The summed E-state index contributed by atoms with van der Waals surface area (Å²) in [6.07, 6.45) is 6.58. The van der Waals surface area contributed by atoms with Gasteiger partial charge in [-0.1, -0.05) is 42.5 Å². The van der Waals surface area contributed by atoms with E-state index in [9.17, 15) is 4.39 Å². The van der Waals surface area contributed by atoms with Gasteiger partial charge in [-0.25, -0.2) is 4.39 Å². The van der Waals surface area contributed by atoms with Gasteiger partial charge in [0.2, 0.25) is 0 Å². The van der Waals surface area contributed by atoms with Gasteiger partial charge in [-0.2, -0.15) is 0 Å². The lowest BCUT2D eigenvalue weighted by Gasteiger charge is -2.11. The van der Waals surface area contributed by atoms with Gasteiger partial charge in [-0.05, 0) is 17.7 Å². The van der Waals surface area contributed by atoms with Crippen molar-refractivity contribution in [3.8, 4) is 0 Å². The van der Waals surface area contributed by atoms with E-state index in [4.69, 9.17) is 0 Å². The van der Waals surface area contributed by atoms with Gasteiger partial charge in [-0.3, -0.25) is 0 Å². The molecule has 1 aromatic carbocycles. The molecule has 0 amide bonds. The second-order valence-electron chi connectivity index (χ2n) is 3.04. The lowest BCUT2D eigenvalue weighted by atomic mass is 9.94. The number of halogens is 1. The van der Waals surface area contributed by atoms with E-state index in [1.807, 2.05) is 42.5 Å². The number of hydrogen-bond donors (Lipinski definition) is 0. The first-order valence-electron chi connectivity index (χ1n) is 4.30. The number of allylic oxidation sites excluding steroid dienone is 4. The number of rotatable bonds is 1. The standard InChI is InChI=1S/C12H10F/c13-12-8-6-11(7-9-12)10-4-2-1-3-5-10/h1-9,11H. The summed E-state index contributed by atoms with van der Waals surface area (Å²) < 4.78 is 12.6. The second kappa shape index (κ2) is 3.56. The van der Waals surface area contributed by atoms with Crippen LogP contribution in [0.1, 0.15) is 11.5 Å². The quantitative estimate of drug-likeness (QED) is 0.610. The first-order chi connectivity index (χ1) is 6.36. The fourth-order valence-corrected chi connectivity index (χ4v) is 1.41. The molecule has 0 atom stereocenters. The summed E-state index contributed by atoms with van der Waals surface area (Å²) >= 11 is 0. The second-order valence-corrected chi connectivity index (χ2v) is 3.04. The van der Waals surface area contributed by atoms with Crippen molar-refractivity contribution >= 4 is 0 Å². The molecule has 65 valence electrons. The summed E-state index contributed by atoms with van der Waals surface area (Å²) in [6.45, 7) is 0. The van der Waals surface area contributed by atoms with E-state index in [2.05, 4.69) is 0 Å². The van der Waals surface area contributed by atoms with Crippen LogP contribution < -0.4 is 0 Å². The normalized spacial score (nSPS) is 17.9. The molecule has 1 aliphatic carbocycles. The van der Waals surface area contributed by atoms with Crippen LogP contribution in [-0.4, -0.2) is 0 Å². The lowest BCUT2D eigenvalue weighted by molar-refractivity contribution is 0.583. The monoisotopic (exact) mass is 173 g/mol. The summed E-state index contributed by atoms with van der Waals surface area (Å²) in [5, 5.41) is 0. The summed E-state index contributed by atoms with van der Waals surface area (Å²) in [6, 6.07) is 10.1. The summed E-state index contributed by atoms with van der Waals surface area (Å²) in [5.41, 5.74) is 1.20. The van der Waals surface area contributed by atoms with Crippen molar-refractivity contribution in [2.24, 2.45) is 0 Å². The fourth-order valence-electron chi connectivity index (χ4n) is 1.41. The van der Waals surface area contributed by atoms with Crippen molar-refractivity contribution in [2.45, 2.75) is 5.92 Å². The Balaban J connectivity index is 2.20. The van der Waals surface area contributed by atoms with Gasteiger partial charge in [0.15, 0.2) is 6.17 Å². The molecule has 13 heavy (non-hydrogen) atoms. The van der Waals surface area contributed by atoms with E-state index in [1.54, 1.807) is 0 Å². The van der Waals surface area contributed by atoms with Gasteiger partial charge >= 0.3 is 0 Å². The molecular weight excluding hydrogens is 163 g/mol. The average molecular weight is 173 g/mol. The van der Waals surface area contributed by atoms with Crippen LogP contribution in [0.25, 0.3) is 0 Å². The summed E-state index contributed by atoms with van der Waals surface area (Å²) in [4.78, 5) is 0. The molecule has 0 nitrogen and oxygen atoms in total. The number of hydrogen-bond acceptors (Lipinski definition) is 0. The smallest absolute Gasteiger partial charge is 0.188 e. The zero-order valence-electron chi connectivity index (χ0n) is 7.15. The maximum absolute atomic E-state index is 12.6. The van der Waals surface area contributed by atoms with E-state index in [0.29, 0.717) is 0 Å². The molecule has 1 aromatic rings. The Morgan fingerprint density at radius 1 is 0.923 bits per heavy atom. The van der Waals surface area contributed by atoms with E-state index in [0.717, 1.165) is 0 Å². The minimum atomic E-state index is -0.174. The van der Waals surface area contributed by atoms with E-state index >= 15 is 0 Å². The minimum absolute atomic E-state index is 0.174. The number of benzene rings is 1. The van der Waals surface area contributed by atoms with Crippen molar-refractivity contribution in [1.82, 2.24) is 0 Å². The molecule has 2 rings (SSSR count). The van der Waals surface area contributed by atoms with E-state index in [1.165, 1.54) is 17.7 Å². The highest BCUT2D eigenvalue weighted by Crippen LogP contribution is 2.25. The summed E-state index contributed by atoms with van der Waals surface area (Å²) in [7, 11) is 0. The summed E-state index contributed by atoms with van der Waals surface area (Å²) in [5.74, 6) is 0.223. The molecule has 0 heterocycles. The third kappa shape index (κ3) is 1.86. The minimum Gasteiger partial charge on any atom is -0.230 e. The molecule has 0 N–H and O–H groups in total. The SMILES string of the molecule is F[C]1C=CC(c2ccccc2)C=C1. The van der Waals surface area contributed by atoms with Gasteiger partial charge in [-0.15, -0.1) is 0 Å². The van der Waals surface area contributed by atoms with Gasteiger partial charge in [0.05, 0.1) is 0 Å². The van der Waals surface area contributed by atoms with Gasteiger partial charge in [0.25, 0.3) is 0 Å². The predicted molar refractivity (Wildman–Crippen MR) is 51.8 cm³/mol. The van der Waals surface area contributed by atoms with Crippen LogP contribution in [-0.2, 0) is 0 Å². The molecule has 0 aliphatic heterocycles. The average Bonchev–Trinajstić information content (AvgIpc) is 2.20. The van der Waals surface area contributed by atoms with Gasteiger partial charge in [0.1, 0.15) is 0 Å². The molecule has 1 aliphatic rings. The molecular formula is C12H10F. The van der Waals surface area contributed by atoms with E-state index in [-0.39, 0.29) is 12.1 Å². The molecule has 1 heteroatoms.